The first-order valence-corrected chi connectivity index (χ1v) is 10.5. The molecule has 1 aliphatic heterocycles. The third kappa shape index (κ3) is 4.05. The van der Waals surface area contributed by atoms with Crippen molar-refractivity contribution in [3.05, 3.63) is 42.5 Å². The average molecular weight is 304 g/mol. The van der Waals surface area contributed by atoms with Gasteiger partial charge in [0.05, 0.1) is 20.8 Å². The van der Waals surface area contributed by atoms with E-state index in [4.69, 9.17) is 4.74 Å². The second-order valence-electron chi connectivity index (χ2n) is 6.01. The Kier molecular flexibility index (Phi) is 5.37. The van der Waals surface area contributed by atoms with Crippen molar-refractivity contribution in [3.8, 4) is 0 Å². The monoisotopic (exact) mass is 304 g/mol. The van der Waals surface area contributed by atoms with Crippen molar-refractivity contribution >= 4 is 19.2 Å². The van der Waals surface area contributed by atoms with E-state index in [9.17, 15) is 9.90 Å². The zero-order chi connectivity index (χ0) is 15.3. The van der Waals surface area contributed by atoms with Crippen molar-refractivity contribution in [1.82, 2.24) is 0 Å². The Morgan fingerprint density at radius 2 is 2.14 bits per heavy atom. The van der Waals surface area contributed by atoms with E-state index in [0.717, 1.165) is 18.5 Å². The number of benzene rings is 1. The van der Waals surface area contributed by atoms with Gasteiger partial charge in [-0.1, -0.05) is 54.2 Å². The van der Waals surface area contributed by atoms with Crippen LogP contribution in [0.2, 0.25) is 18.6 Å². The Morgan fingerprint density at radius 3 is 2.81 bits per heavy atom. The molecule has 0 spiro atoms. The van der Waals surface area contributed by atoms with Crippen LogP contribution in [0.1, 0.15) is 13.3 Å². The van der Waals surface area contributed by atoms with Crippen molar-refractivity contribution < 1.29 is 14.6 Å². The van der Waals surface area contributed by atoms with Crippen LogP contribution < -0.4 is 5.19 Å². The molecule has 1 aromatic rings. The lowest BCUT2D eigenvalue weighted by Crippen LogP contribution is -2.50. The summed E-state index contributed by atoms with van der Waals surface area (Å²) in [6, 6.07) is 12.7. The topological polar surface area (TPSA) is 46.5 Å². The second kappa shape index (κ2) is 7.05. The molecule has 1 N–H and O–H groups in total. The van der Waals surface area contributed by atoms with E-state index in [-0.39, 0.29) is 18.0 Å². The molecule has 3 atom stereocenters. The highest BCUT2D eigenvalue weighted by molar-refractivity contribution is 6.91. The Morgan fingerprint density at radius 1 is 1.43 bits per heavy atom. The molecule has 0 radical (unpaired) electrons. The summed E-state index contributed by atoms with van der Waals surface area (Å²) in [4.78, 5) is 11.4. The maximum Gasteiger partial charge on any atom is 0.330 e. The molecule has 4 heteroatoms. The average Bonchev–Trinajstić information content (AvgIpc) is 2.50. The van der Waals surface area contributed by atoms with Gasteiger partial charge in [0.25, 0.3) is 0 Å². The molecular formula is C17H24O3Si. The third-order valence-electron chi connectivity index (χ3n) is 4.41. The molecule has 2 rings (SSSR count). The fourth-order valence-electron chi connectivity index (χ4n) is 3.13. The van der Waals surface area contributed by atoms with Crippen molar-refractivity contribution in [1.29, 1.82) is 0 Å². The summed E-state index contributed by atoms with van der Waals surface area (Å²) in [7, 11) is -1.57. The molecule has 0 aliphatic carbocycles. The molecule has 0 saturated carbocycles. The van der Waals surface area contributed by atoms with Crippen molar-refractivity contribution in [3.63, 3.8) is 0 Å². The van der Waals surface area contributed by atoms with Gasteiger partial charge in [0.15, 0.2) is 0 Å². The molecule has 114 valence electrons. The van der Waals surface area contributed by atoms with Crippen molar-refractivity contribution in [2.24, 2.45) is 5.92 Å². The highest BCUT2D eigenvalue weighted by Gasteiger charge is 2.38. The molecule has 21 heavy (non-hydrogen) atoms. The standard InChI is InChI=1S/C17H24O3Si/c1-3-20-17(19)10-9-14-13-21(2,12-11-16(14)18)15-7-5-4-6-8-15/h4-10,14,16,18H,3,11-13H2,1-2H3/b10-9+/t14?,16-,21?/m0/s1. The summed E-state index contributed by atoms with van der Waals surface area (Å²) in [5.41, 5.74) is 0. The zero-order valence-corrected chi connectivity index (χ0v) is 13.8. The van der Waals surface area contributed by atoms with Crippen LogP contribution in [0.5, 0.6) is 0 Å². The Bertz CT molecular complexity index is 500. The first-order valence-electron chi connectivity index (χ1n) is 7.64. The number of carbonyl (C=O) groups is 1. The molecule has 1 heterocycles. The molecule has 0 amide bonds. The first-order chi connectivity index (χ1) is 10.0. The van der Waals surface area contributed by atoms with Crippen LogP contribution in [0.25, 0.3) is 0 Å². The van der Waals surface area contributed by atoms with Crippen molar-refractivity contribution in [2.75, 3.05) is 6.61 Å². The summed E-state index contributed by atoms with van der Waals surface area (Å²) in [5.74, 6) is -0.265. The van der Waals surface area contributed by atoms with E-state index in [1.807, 2.05) is 12.1 Å². The molecule has 3 nitrogen and oxygen atoms in total. The molecule has 2 unspecified atom stereocenters. The SMILES string of the molecule is CCOC(=O)/C=C/C1C[Si](C)(c2ccccc2)CC[C@@H]1O. The van der Waals surface area contributed by atoms with E-state index >= 15 is 0 Å². The van der Waals surface area contributed by atoms with E-state index in [2.05, 4.69) is 30.8 Å². The second-order valence-corrected chi connectivity index (χ2v) is 10.6. The summed E-state index contributed by atoms with van der Waals surface area (Å²) in [5, 5.41) is 11.6. The molecule has 0 bridgehead atoms. The maximum absolute atomic E-state index is 11.4. The lowest BCUT2D eigenvalue weighted by atomic mass is 10.0. The Labute approximate surface area is 127 Å². The number of esters is 1. The van der Waals surface area contributed by atoms with Gasteiger partial charge >= 0.3 is 5.97 Å². The van der Waals surface area contributed by atoms with E-state index in [1.165, 1.54) is 11.3 Å². The summed E-state index contributed by atoms with van der Waals surface area (Å²) < 4.78 is 4.91. The lowest BCUT2D eigenvalue weighted by Gasteiger charge is -2.38. The van der Waals surface area contributed by atoms with Crippen LogP contribution in [0.3, 0.4) is 0 Å². The third-order valence-corrected chi connectivity index (χ3v) is 8.90. The minimum Gasteiger partial charge on any atom is -0.463 e. The Balaban J connectivity index is 2.10. The molecule has 1 fully saturated rings. The van der Waals surface area contributed by atoms with E-state index in [1.54, 1.807) is 6.92 Å². The fraction of sp³-hybridized carbons (Fsp3) is 0.471. The molecule has 1 saturated heterocycles. The largest absolute Gasteiger partial charge is 0.463 e. The van der Waals surface area contributed by atoms with Crippen LogP contribution in [0, 0.1) is 5.92 Å². The van der Waals surface area contributed by atoms with E-state index < -0.39 is 8.07 Å². The normalized spacial score (nSPS) is 29.5. The molecule has 1 aromatic carbocycles. The maximum atomic E-state index is 11.4. The first kappa shape index (κ1) is 16.0. The summed E-state index contributed by atoms with van der Waals surface area (Å²) >= 11 is 0. The van der Waals surface area contributed by atoms with Gasteiger partial charge in [-0.15, -0.1) is 0 Å². The molecule has 0 aromatic heterocycles. The van der Waals surface area contributed by atoms with Gasteiger partial charge in [-0.2, -0.15) is 0 Å². The molecule has 1 aliphatic rings. The predicted molar refractivity (Wildman–Crippen MR) is 87.2 cm³/mol. The predicted octanol–water partition coefficient (Wildman–Crippen LogP) is 2.47. The van der Waals surface area contributed by atoms with Crippen molar-refractivity contribution in [2.45, 2.75) is 38.1 Å². The summed E-state index contributed by atoms with van der Waals surface area (Å²) in [6.07, 6.45) is 3.79. The van der Waals surface area contributed by atoms with Gasteiger partial charge in [-0.05, 0) is 19.4 Å². The van der Waals surface area contributed by atoms with Crippen LogP contribution in [0.4, 0.5) is 0 Å². The highest BCUT2D eigenvalue weighted by atomic mass is 28.3. The quantitative estimate of drug-likeness (QED) is 0.528. The number of carbonyl (C=O) groups excluding carboxylic acids is 1. The van der Waals surface area contributed by atoms with Gasteiger partial charge in [-0.25, -0.2) is 4.79 Å². The van der Waals surface area contributed by atoms with Crippen LogP contribution in [-0.4, -0.2) is 31.9 Å². The highest BCUT2D eigenvalue weighted by Crippen LogP contribution is 2.33. The number of aliphatic hydroxyl groups excluding tert-OH is 1. The zero-order valence-electron chi connectivity index (χ0n) is 12.8. The van der Waals surface area contributed by atoms with Gasteiger partial charge in [-0.3, -0.25) is 0 Å². The lowest BCUT2D eigenvalue weighted by molar-refractivity contribution is -0.137. The van der Waals surface area contributed by atoms with Gasteiger partial charge in [0.2, 0.25) is 0 Å². The smallest absolute Gasteiger partial charge is 0.330 e. The number of aliphatic hydroxyl groups is 1. The fourth-order valence-corrected chi connectivity index (χ4v) is 7.24. The van der Waals surface area contributed by atoms with Crippen LogP contribution in [-0.2, 0) is 9.53 Å². The van der Waals surface area contributed by atoms with Gasteiger partial charge in [0, 0.05) is 12.0 Å². The number of rotatable bonds is 4. The summed E-state index contributed by atoms with van der Waals surface area (Å²) in [6.45, 7) is 4.55. The van der Waals surface area contributed by atoms with Crippen LogP contribution in [0.15, 0.2) is 42.5 Å². The van der Waals surface area contributed by atoms with E-state index in [0.29, 0.717) is 6.61 Å². The van der Waals surface area contributed by atoms with Crippen LogP contribution >= 0.6 is 0 Å². The Hall–Kier alpha value is -1.39. The number of hydrogen-bond acceptors (Lipinski definition) is 3. The minimum atomic E-state index is -1.57. The van der Waals surface area contributed by atoms with Gasteiger partial charge in [0.1, 0.15) is 0 Å². The minimum absolute atomic E-state index is 0.0556. The number of hydrogen-bond donors (Lipinski definition) is 1. The number of ether oxygens (including phenoxy) is 1. The molecular weight excluding hydrogens is 280 g/mol. The van der Waals surface area contributed by atoms with Gasteiger partial charge < -0.3 is 9.84 Å².